The number of methoxy groups -OCH3 is 4. The lowest BCUT2D eigenvalue weighted by Crippen LogP contribution is -2.33. The Bertz CT molecular complexity index is 1240. The van der Waals surface area contributed by atoms with Crippen molar-refractivity contribution in [1.29, 1.82) is 0 Å². The van der Waals surface area contributed by atoms with Crippen molar-refractivity contribution in [2.24, 2.45) is 0 Å². The van der Waals surface area contributed by atoms with Gasteiger partial charge < -0.3 is 18.9 Å². The van der Waals surface area contributed by atoms with Gasteiger partial charge in [-0.25, -0.2) is 9.47 Å². The minimum Gasteiger partial charge on any atom is -0.493 e. The van der Waals surface area contributed by atoms with Gasteiger partial charge in [0.15, 0.2) is 11.5 Å². The van der Waals surface area contributed by atoms with E-state index in [9.17, 15) is 14.4 Å². The molecule has 1 aromatic heterocycles. The van der Waals surface area contributed by atoms with E-state index in [1.807, 2.05) is 0 Å². The number of pyridine rings is 1. The zero-order chi connectivity index (χ0) is 23.3. The monoisotopic (exact) mass is 438 g/mol. The minimum atomic E-state index is -0.628. The molecular weight excluding hydrogens is 416 g/mol. The van der Waals surface area contributed by atoms with Crippen LogP contribution in [0.5, 0.6) is 17.2 Å². The first-order chi connectivity index (χ1) is 15.4. The van der Waals surface area contributed by atoms with Gasteiger partial charge in [0, 0.05) is 23.0 Å². The molecule has 1 heterocycles. The number of amides is 1. The summed E-state index contributed by atoms with van der Waals surface area (Å²) < 4.78 is 21.6. The number of carbonyl (C=O) groups is 2. The second kappa shape index (κ2) is 9.69. The Hall–Kier alpha value is -4.27. The molecule has 2 aromatic carbocycles. The molecular formula is C23H22N2O7. The van der Waals surface area contributed by atoms with E-state index in [2.05, 4.69) is 5.43 Å². The van der Waals surface area contributed by atoms with Crippen LogP contribution in [0.2, 0.25) is 0 Å². The van der Waals surface area contributed by atoms with Crippen LogP contribution in [0, 0.1) is 0 Å². The number of aromatic nitrogens is 1. The van der Waals surface area contributed by atoms with Crippen LogP contribution in [0.3, 0.4) is 0 Å². The van der Waals surface area contributed by atoms with E-state index in [0.29, 0.717) is 28.2 Å². The molecule has 0 aliphatic rings. The number of nitrogens with one attached hydrogen (secondary N) is 1. The summed E-state index contributed by atoms with van der Waals surface area (Å²) >= 11 is 0. The molecule has 166 valence electrons. The summed E-state index contributed by atoms with van der Waals surface area (Å²) in [7, 11) is 5.71. The average Bonchev–Trinajstić information content (AvgIpc) is 2.83. The molecule has 9 heteroatoms. The Morgan fingerprint density at radius 3 is 2.12 bits per heavy atom. The maximum Gasteiger partial charge on any atom is 0.340 e. The van der Waals surface area contributed by atoms with Crippen molar-refractivity contribution >= 4 is 28.7 Å². The Morgan fingerprint density at radius 1 is 0.938 bits per heavy atom. The SMILES string of the molecule is COC(=O)c1cn(NC(=O)C=Cc2cc(OC)c(OC)c(OC)c2)c(=O)c2ccccc12. The van der Waals surface area contributed by atoms with E-state index >= 15 is 0 Å². The van der Waals surface area contributed by atoms with E-state index in [1.165, 1.54) is 46.8 Å². The van der Waals surface area contributed by atoms with Crippen LogP contribution in [0.15, 0.2) is 53.5 Å². The highest BCUT2D eigenvalue weighted by Crippen LogP contribution is 2.38. The molecule has 0 radical (unpaired) electrons. The van der Waals surface area contributed by atoms with Crippen LogP contribution in [-0.4, -0.2) is 45.0 Å². The maximum absolute atomic E-state index is 12.8. The Kier molecular flexibility index (Phi) is 6.79. The van der Waals surface area contributed by atoms with Crippen molar-refractivity contribution in [1.82, 2.24) is 4.68 Å². The molecule has 0 aliphatic heterocycles. The first kappa shape index (κ1) is 22.4. The van der Waals surface area contributed by atoms with Gasteiger partial charge in [-0.3, -0.25) is 15.0 Å². The quantitative estimate of drug-likeness (QED) is 0.447. The lowest BCUT2D eigenvalue weighted by atomic mass is 10.1. The molecule has 0 bridgehead atoms. The van der Waals surface area contributed by atoms with Crippen molar-refractivity contribution in [3.8, 4) is 17.2 Å². The van der Waals surface area contributed by atoms with Gasteiger partial charge in [0.2, 0.25) is 5.75 Å². The third-order valence-corrected chi connectivity index (χ3v) is 4.67. The highest BCUT2D eigenvalue weighted by molar-refractivity contribution is 6.04. The first-order valence-corrected chi connectivity index (χ1v) is 9.45. The second-order valence-electron chi connectivity index (χ2n) is 6.52. The summed E-state index contributed by atoms with van der Waals surface area (Å²) in [6.45, 7) is 0. The number of rotatable bonds is 7. The number of ether oxygens (including phenoxy) is 4. The van der Waals surface area contributed by atoms with Gasteiger partial charge in [0.1, 0.15) is 0 Å². The number of carbonyl (C=O) groups excluding carboxylic acids is 2. The van der Waals surface area contributed by atoms with Crippen LogP contribution >= 0.6 is 0 Å². The normalized spacial score (nSPS) is 10.8. The van der Waals surface area contributed by atoms with E-state index < -0.39 is 17.4 Å². The van der Waals surface area contributed by atoms with E-state index in [0.717, 1.165) is 4.68 Å². The maximum atomic E-state index is 12.8. The molecule has 0 fully saturated rings. The Labute approximate surface area is 183 Å². The fraction of sp³-hybridized carbons (Fsp3) is 0.174. The van der Waals surface area contributed by atoms with Gasteiger partial charge in [-0.2, -0.15) is 0 Å². The molecule has 1 amide bonds. The number of nitrogens with zero attached hydrogens (tertiary/aromatic N) is 1. The van der Waals surface area contributed by atoms with Gasteiger partial charge in [0.25, 0.3) is 11.5 Å². The minimum absolute atomic E-state index is 0.150. The van der Waals surface area contributed by atoms with Gasteiger partial charge in [0.05, 0.1) is 34.0 Å². The summed E-state index contributed by atoms with van der Waals surface area (Å²) in [5, 5.41) is 0.701. The number of hydrogen-bond donors (Lipinski definition) is 1. The largest absolute Gasteiger partial charge is 0.493 e. The number of esters is 1. The van der Waals surface area contributed by atoms with Crippen LogP contribution < -0.4 is 25.2 Å². The fourth-order valence-electron chi connectivity index (χ4n) is 3.17. The van der Waals surface area contributed by atoms with E-state index in [1.54, 1.807) is 36.4 Å². The molecule has 9 nitrogen and oxygen atoms in total. The molecule has 3 rings (SSSR count). The predicted octanol–water partition coefficient (Wildman–Crippen LogP) is 2.60. The van der Waals surface area contributed by atoms with Crippen molar-refractivity contribution in [3.63, 3.8) is 0 Å². The molecule has 0 spiro atoms. The lowest BCUT2D eigenvalue weighted by molar-refractivity contribution is -0.112. The Balaban J connectivity index is 1.93. The molecule has 1 N–H and O–H groups in total. The second-order valence-corrected chi connectivity index (χ2v) is 6.52. The van der Waals surface area contributed by atoms with Crippen LogP contribution in [0.25, 0.3) is 16.8 Å². The lowest BCUT2D eigenvalue weighted by Gasteiger charge is -2.13. The molecule has 0 atom stereocenters. The van der Waals surface area contributed by atoms with Gasteiger partial charge in [-0.15, -0.1) is 0 Å². The summed E-state index contributed by atoms with van der Waals surface area (Å²) in [6, 6.07) is 9.92. The summed E-state index contributed by atoms with van der Waals surface area (Å²) in [5.74, 6) is 0.0690. The van der Waals surface area contributed by atoms with Crippen molar-refractivity contribution < 1.29 is 28.5 Å². The molecule has 0 saturated heterocycles. The third-order valence-electron chi connectivity index (χ3n) is 4.67. The van der Waals surface area contributed by atoms with Gasteiger partial charge in [-0.1, -0.05) is 18.2 Å². The predicted molar refractivity (Wildman–Crippen MR) is 119 cm³/mol. The smallest absolute Gasteiger partial charge is 0.340 e. The molecule has 3 aromatic rings. The van der Waals surface area contributed by atoms with Crippen LogP contribution in [-0.2, 0) is 9.53 Å². The van der Waals surface area contributed by atoms with E-state index in [4.69, 9.17) is 18.9 Å². The first-order valence-electron chi connectivity index (χ1n) is 9.45. The van der Waals surface area contributed by atoms with Crippen LogP contribution in [0.4, 0.5) is 0 Å². The average molecular weight is 438 g/mol. The number of hydrogen-bond acceptors (Lipinski definition) is 7. The molecule has 0 saturated carbocycles. The van der Waals surface area contributed by atoms with Crippen molar-refractivity contribution in [3.05, 3.63) is 70.2 Å². The summed E-state index contributed by atoms with van der Waals surface area (Å²) in [5.41, 5.74) is 2.73. The van der Waals surface area contributed by atoms with Gasteiger partial charge in [-0.05, 0) is 29.8 Å². The summed E-state index contributed by atoms with van der Waals surface area (Å²) in [4.78, 5) is 37.4. The topological polar surface area (TPSA) is 105 Å². The number of fused-ring (bicyclic) bond motifs is 1. The number of benzene rings is 2. The van der Waals surface area contributed by atoms with Crippen molar-refractivity contribution in [2.75, 3.05) is 33.9 Å². The highest BCUT2D eigenvalue weighted by Gasteiger charge is 2.16. The van der Waals surface area contributed by atoms with Gasteiger partial charge >= 0.3 is 5.97 Å². The Morgan fingerprint density at radius 2 is 1.56 bits per heavy atom. The molecule has 32 heavy (non-hydrogen) atoms. The highest BCUT2D eigenvalue weighted by atomic mass is 16.5. The zero-order valence-corrected chi connectivity index (χ0v) is 18.0. The zero-order valence-electron chi connectivity index (χ0n) is 18.0. The van der Waals surface area contributed by atoms with Crippen molar-refractivity contribution in [2.45, 2.75) is 0 Å². The van der Waals surface area contributed by atoms with E-state index in [-0.39, 0.29) is 10.9 Å². The third kappa shape index (κ3) is 4.41. The molecule has 0 unspecified atom stereocenters. The molecule has 0 aliphatic carbocycles. The summed E-state index contributed by atoms with van der Waals surface area (Å²) in [6.07, 6.45) is 3.99. The standard InChI is InChI=1S/C23H22N2O7/c1-29-18-11-14(12-19(30-2)21(18)31-3)9-10-20(26)24-25-13-17(23(28)32-4)15-7-5-6-8-16(15)22(25)27/h5-13H,1-4H3,(H,24,26). The van der Waals surface area contributed by atoms with Crippen LogP contribution in [0.1, 0.15) is 15.9 Å². The fourth-order valence-corrected chi connectivity index (χ4v) is 3.17.